The molecule has 0 aliphatic carbocycles. The van der Waals surface area contributed by atoms with Gasteiger partial charge in [-0.05, 0) is 43.9 Å². The molecule has 2 aromatic rings. The predicted molar refractivity (Wildman–Crippen MR) is 151 cm³/mol. The number of carbonyl (C=O) groups excluding carboxylic acids is 2. The number of likely N-dealkylation sites (tertiary alicyclic amines) is 1. The number of para-hydroxylation sites is 1. The Bertz CT molecular complexity index is 1070. The Hall–Kier alpha value is -3.30. The van der Waals surface area contributed by atoms with Gasteiger partial charge < -0.3 is 15.1 Å². The van der Waals surface area contributed by atoms with E-state index in [9.17, 15) is 9.59 Å². The summed E-state index contributed by atoms with van der Waals surface area (Å²) in [6, 6.07) is 22.0. The van der Waals surface area contributed by atoms with Crippen LogP contribution >= 0.6 is 0 Å². The molecule has 1 aliphatic rings. The molecule has 0 radical (unpaired) electrons. The summed E-state index contributed by atoms with van der Waals surface area (Å²) in [5.74, 6) is -3.43. The molecule has 0 saturated carbocycles. The van der Waals surface area contributed by atoms with Gasteiger partial charge in [0.25, 0.3) is 0 Å². The number of ketones is 1. The lowest BCUT2D eigenvalue weighted by molar-refractivity contribution is -0.159. The van der Waals surface area contributed by atoms with E-state index in [4.69, 9.17) is 19.8 Å². The summed E-state index contributed by atoms with van der Waals surface area (Å²) in [4.78, 5) is 49.4. The first-order valence-electron chi connectivity index (χ1n) is 13.0. The van der Waals surface area contributed by atoms with Gasteiger partial charge in [-0.3, -0.25) is 14.5 Å². The maximum Gasteiger partial charge on any atom is 0.414 e. The van der Waals surface area contributed by atoms with Crippen molar-refractivity contribution >= 4 is 37.4 Å². The molecule has 8 nitrogen and oxygen atoms in total. The second kappa shape index (κ2) is 14.0. The summed E-state index contributed by atoms with van der Waals surface area (Å²) >= 11 is 0. The van der Waals surface area contributed by atoms with Crippen LogP contribution in [0.5, 0.6) is 0 Å². The summed E-state index contributed by atoms with van der Waals surface area (Å²) in [7, 11) is -1.64. The first-order valence-corrected chi connectivity index (χ1v) is 16.4. The Balaban J connectivity index is 0.000000757. The van der Waals surface area contributed by atoms with Crippen molar-refractivity contribution in [1.82, 2.24) is 4.90 Å². The highest BCUT2D eigenvalue weighted by molar-refractivity contribution is 6.80. The van der Waals surface area contributed by atoms with E-state index in [0.29, 0.717) is 18.9 Å². The molecular weight excluding hydrogens is 500 g/mol. The normalized spacial score (nSPS) is 15.1. The molecule has 2 aromatic carbocycles. The number of hydrogen-bond donors (Lipinski definition) is 2. The van der Waals surface area contributed by atoms with Crippen molar-refractivity contribution in [1.29, 1.82) is 0 Å². The lowest BCUT2D eigenvalue weighted by atomic mass is 9.81. The summed E-state index contributed by atoms with van der Waals surface area (Å²) in [5.41, 5.74) is 1.44. The molecule has 1 aliphatic heterocycles. The van der Waals surface area contributed by atoms with Crippen LogP contribution in [-0.4, -0.2) is 72.0 Å². The van der Waals surface area contributed by atoms with Crippen LogP contribution in [0, 0.1) is 0 Å². The third-order valence-electron chi connectivity index (χ3n) is 7.36. The van der Waals surface area contributed by atoms with Gasteiger partial charge in [-0.2, -0.15) is 0 Å². The lowest BCUT2D eigenvalue weighted by Gasteiger charge is -2.48. The van der Waals surface area contributed by atoms with Gasteiger partial charge in [0.2, 0.25) is 5.91 Å². The number of aliphatic carboxylic acids is 2. The molecule has 9 heteroatoms. The Labute approximate surface area is 226 Å². The molecule has 1 amide bonds. The number of hydrogen-bond acceptors (Lipinski definition) is 5. The zero-order valence-electron chi connectivity index (χ0n) is 22.9. The Morgan fingerprint density at radius 2 is 1.39 bits per heavy atom. The molecule has 206 valence electrons. The third kappa shape index (κ3) is 8.63. The number of piperidine rings is 1. The minimum absolute atomic E-state index is 0.105. The van der Waals surface area contributed by atoms with Crippen LogP contribution in [-0.2, 0) is 25.6 Å². The second-order valence-corrected chi connectivity index (χ2v) is 15.9. The average molecular weight is 541 g/mol. The van der Waals surface area contributed by atoms with Crippen LogP contribution in [0.25, 0.3) is 0 Å². The smallest absolute Gasteiger partial charge is 0.414 e. The van der Waals surface area contributed by atoms with E-state index in [1.54, 1.807) is 6.92 Å². The zero-order valence-corrected chi connectivity index (χ0v) is 23.9. The van der Waals surface area contributed by atoms with E-state index in [1.165, 1.54) is 5.56 Å². The van der Waals surface area contributed by atoms with Crippen LogP contribution in [0.3, 0.4) is 0 Å². The number of benzene rings is 2. The van der Waals surface area contributed by atoms with Gasteiger partial charge >= 0.3 is 11.9 Å². The highest BCUT2D eigenvalue weighted by Crippen LogP contribution is 2.36. The second-order valence-electron chi connectivity index (χ2n) is 10.5. The van der Waals surface area contributed by atoms with E-state index >= 15 is 0 Å². The molecule has 0 spiro atoms. The summed E-state index contributed by atoms with van der Waals surface area (Å²) < 4.78 is 0. The average Bonchev–Trinajstić information content (AvgIpc) is 2.89. The van der Waals surface area contributed by atoms with Crippen molar-refractivity contribution in [3.05, 3.63) is 66.2 Å². The van der Waals surface area contributed by atoms with Crippen molar-refractivity contribution in [3.63, 3.8) is 0 Å². The van der Waals surface area contributed by atoms with Crippen molar-refractivity contribution < 1.29 is 29.4 Å². The van der Waals surface area contributed by atoms with Crippen LogP contribution in [0.4, 0.5) is 5.69 Å². The fraction of sp³-hybridized carbons (Fsp3) is 0.448. The molecule has 1 heterocycles. The fourth-order valence-electron chi connectivity index (χ4n) is 4.63. The lowest BCUT2D eigenvalue weighted by Crippen LogP contribution is -2.62. The fourth-order valence-corrected chi connectivity index (χ4v) is 5.86. The van der Waals surface area contributed by atoms with Crippen LogP contribution in [0.15, 0.2) is 60.7 Å². The SMILES string of the molecule is CC[Si](C)(C)CC(=O)N(c1ccccc1)C1(C(C)=O)CCN(CCc2ccccc2)CC1.O=C(O)C(=O)O. The number of nitrogens with zero attached hydrogens (tertiary/aromatic N) is 2. The molecule has 1 fully saturated rings. The number of carboxylic acid groups (broad SMARTS) is 2. The summed E-state index contributed by atoms with van der Waals surface area (Å²) in [6.07, 6.45) is 2.38. The van der Waals surface area contributed by atoms with Crippen molar-refractivity contribution in [2.24, 2.45) is 0 Å². The van der Waals surface area contributed by atoms with E-state index in [0.717, 1.165) is 37.8 Å². The number of amides is 1. The quantitative estimate of drug-likeness (QED) is 0.354. The summed E-state index contributed by atoms with van der Waals surface area (Å²) in [6.45, 7) is 11.0. The Kier molecular flexibility index (Phi) is 11.4. The molecule has 0 bridgehead atoms. The predicted octanol–water partition coefficient (Wildman–Crippen LogP) is 4.57. The van der Waals surface area contributed by atoms with Crippen molar-refractivity contribution in [3.8, 4) is 0 Å². The largest absolute Gasteiger partial charge is 0.473 e. The summed E-state index contributed by atoms with van der Waals surface area (Å²) in [5, 5.41) is 14.8. The molecule has 3 rings (SSSR count). The molecule has 2 N–H and O–H groups in total. The number of rotatable bonds is 9. The molecule has 0 aromatic heterocycles. The third-order valence-corrected chi connectivity index (χ3v) is 10.5. The molecular formula is C29H40N2O6Si. The highest BCUT2D eigenvalue weighted by Gasteiger charge is 2.47. The minimum atomic E-state index is -1.82. The minimum Gasteiger partial charge on any atom is -0.473 e. The van der Waals surface area contributed by atoms with Gasteiger partial charge in [0, 0.05) is 31.4 Å². The van der Waals surface area contributed by atoms with Gasteiger partial charge in [0.05, 0.1) is 8.07 Å². The number of anilines is 1. The van der Waals surface area contributed by atoms with Gasteiger partial charge in [-0.25, -0.2) is 9.59 Å². The molecule has 38 heavy (non-hydrogen) atoms. The van der Waals surface area contributed by atoms with E-state index < -0.39 is 25.6 Å². The van der Waals surface area contributed by atoms with Gasteiger partial charge in [-0.1, -0.05) is 74.6 Å². The van der Waals surface area contributed by atoms with Crippen LogP contribution in [0.2, 0.25) is 25.2 Å². The number of Topliss-reactive ketones (excluding diaryl/α,β-unsaturated/α-hetero) is 1. The van der Waals surface area contributed by atoms with Crippen molar-refractivity contribution in [2.75, 3.05) is 24.5 Å². The van der Waals surface area contributed by atoms with E-state index in [1.807, 2.05) is 41.3 Å². The first kappa shape index (κ1) is 30.9. The van der Waals surface area contributed by atoms with Crippen molar-refractivity contribution in [2.45, 2.75) is 63.8 Å². The molecule has 0 atom stereocenters. The number of carbonyl (C=O) groups is 4. The Morgan fingerprint density at radius 3 is 1.84 bits per heavy atom. The maximum absolute atomic E-state index is 13.7. The van der Waals surface area contributed by atoms with Gasteiger partial charge in [-0.15, -0.1) is 0 Å². The number of carboxylic acids is 2. The van der Waals surface area contributed by atoms with Crippen LogP contribution < -0.4 is 4.90 Å². The van der Waals surface area contributed by atoms with Gasteiger partial charge in [0.1, 0.15) is 5.54 Å². The van der Waals surface area contributed by atoms with Crippen LogP contribution in [0.1, 0.15) is 32.3 Å². The zero-order chi connectivity index (χ0) is 28.3. The Morgan fingerprint density at radius 1 is 0.895 bits per heavy atom. The van der Waals surface area contributed by atoms with E-state index in [-0.39, 0.29) is 11.7 Å². The topological polar surface area (TPSA) is 115 Å². The highest BCUT2D eigenvalue weighted by atomic mass is 28.3. The monoisotopic (exact) mass is 540 g/mol. The van der Waals surface area contributed by atoms with E-state index in [2.05, 4.69) is 49.2 Å². The maximum atomic E-state index is 13.7. The standard InChI is InChI=1S/C27H38N2O2Si.C2H2O4/c1-5-32(3,4)22-26(31)29(25-14-10-7-11-15-25)27(23(2)30)17-20-28(21-18-27)19-16-24-12-8-6-9-13-24;3-1(4)2(5)6/h6-15H,5,16-22H2,1-4H3;(H,3,4)(H,5,6). The molecule has 1 saturated heterocycles. The molecule has 0 unspecified atom stereocenters. The van der Waals surface area contributed by atoms with Gasteiger partial charge in [0.15, 0.2) is 5.78 Å². The first-order chi connectivity index (χ1) is 17.9.